The molecule has 0 atom stereocenters. The number of anilines is 1. The van der Waals surface area contributed by atoms with Crippen molar-refractivity contribution in [3.05, 3.63) is 16.0 Å². The van der Waals surface area contributed by atoms with E-state index in [1.165, 1.54) is 36.6 Å². The van der Waals surface area contributed by atoms with Crippen molar-refractivity contribution in [2.75, 3.05) is 5.32 Å². The number of thiophene rings is 1. The summed E-state index contributed by atoms with van der Waals surface area (Å²) in [6.45, 7) is 1.48. The molecule has 0 saturated carbocycles. The summed E-state index contributed by atoms with van der Waals surface area (Å²) in [5, 5.41) is 12.8. The van der Waals surface area contributed by atoms with Crippen molar-refractivity contribution in [1.82, 2.24) is 0 Å². The van der Waals surface area contributed by atoms with Gasteiger partial charge in [-0.2, -0.15) is 5.26 Å². The molecule has 0 fully saturated rings. The number of carbonyl (C=O) groups excluding carboxylic acids is 1. The van der Waals surface area contributed by atoms with Crippen LogP contribution in [0.3, 0.4) is 0 Å². The Balaban J connectivity index is 2.38. The van der Waals surface area contributed by atoms with Crippen molar-refractivity contribution in [1.29, 1.82) is 5.26 Å². The molecule has 17 heavy (non-hydrogen) atoms. The van der Waals surface area contributed by atoms with Crippen LogP contribution in [0.2, 0.25) is 0 Å². The van der Waals surface area contributed by atoms with E-state index in [-0.39, 0.29) is 5.91 Å². The minimum Gasteiger partial charge on any atom is -0.317 e. The molecule has 0 bridgehead atoms. The van der Waals surface area contributed by atoms with Gasteiger partial charge in [0.2, 0.25) is 5.91 Å². The third kappa shape index (κ3) is 2.67. The van der Waals surface area contributed by atoms with Crippen LogP contribution in [0.4, 0.5) is 5.00 Å². The van der Waals surface area contributed by atoms with Gasteiger partial charge in [0.15, 0.2) is 0 Å². The lowest BCUT2D eigenvalue weighted by molar-refractivity contribution is -0.114. The van der Waals surface area contributed by atoms with E-state index in [2.05, 4.69) is 11.4 Å². The molecule has 0 saturated heterocycles. The van der Waals surface area contributed by atoms with Crippen LogP contribution in [0.25, 0.3) is 0 Å². The minimum absolute atomic E-state index is 0.101. The zero-order valence-electron chi connectivity index (χ0n) is 10.0. The predicted octanol–water partition coefficient (Wildman–Crippen LogP) is 3.24. The SMILES string of the molecule is CC(=O)Nc1sc2c(c1C#N)CCCCCC2. The van der Waals surface area contributed by atoms with E-state index < -0.39 is 0 Å². The molecule has 1 amide bonds. The van der Waals surface area contributed by atoms with E-state index in [9.17, 15) is 10.1 Å². The highest BCUT2D eigenvalue weighted by atomic mass is 32.1. The average molecular weight is 248 g/mol. The van der Waals surface area contributed by atoms with Crippen LogP contribution in [0.15, 0.2) is 0 Å². The van der Waals surface area contributed by atoms with Crippen LogP contribution < -0.4 is 5.32 Å². The fourth-order valence-corrected chi connectivity index (χ4v) is 3.57. The quantitative estimate of drug-likeness (QED) is 0.829. The second kappa shape index (κ2) is 5.33. The summed E-state index contributed by atoms with van der Waals surface area (Å²) in [5.41, 5.74) is 1.88. The zero-order chi connectivity index (χ0) is 12.3. The molecule has 4 heteroatoms. The topological polar surface area (TPSA) is 52.9 Å². The molecule has 0 spiro atoms. The van der Waals surface area contributed by atoms with Gasteiger partial charge in [0.25, 0.3) is 0 Å². The van der Waals surface area contributed by atoms with Gasteiger partial charge in [-0.15, -0.1) is 11.3 Å². The molecule has 2 rings (SSSR count). The van der Waals surface area contributed by atoms with Crippen LogP contribution >= 0.6 is 11.3 Å². The maximum absolute atomic E-state index is 11.1. The Bertz CT molecular complexity index is 470. The summed E-state index contributed by atoms with van der Waals surface area (Å²) in [6, 6.07) is 2.25. The summed E-state index contributed by atoms with van der Waals surface area (Å²) < 4.78 is 0. The first-order valence-electron chi connectivity index (χ1n) is 6.04. The van der Waals surface area contributed by atoms with Gasteiger partial charge >= 0.3 is 0 Å². The van der Waals surface area contributed by atoms with E-state index in [0.717, 1.165) is 24.3 Å². The number of hydrogen-bond acceptors (Lipinski definition) is 3. The fraction of sp³-hybridized carbons (Fsp3) is 0.538. The van der Waals surface area contributed by atoms with Gasteiger partial charge in [0, 0.05) is 11.8 Å². The number of fused-ring (bicyclic) bond motifs is 1. The van der Waals surface area contributed by atoms with Gasteiger partial charge in [-0.25, -0.2) is 0 Å². The number of carbonyl (C=O) groups is 1. The van der Waals surface area contributed by atoms with Crippen molar-refractivity contribution in [2.24, 2.45) is 0 Å². The van der Waals surface area contributed by atoms with Crippen LogP contribution in [-0.2, 0) is 17.6 Å². The summed E-state index contributed by atoms with van der Waals surface area (Å²) in [4.78, 5) is 12.4. The second-order valence-corrected chi connectivity index (χ2v) is 5.52. The molecule has 1 N–H and O–H groups in total. The van der Waals surface area contributed by atoms with Crippen molar-refractivity contribution in [2.45, 2.75) is 45.4 Å². The molecular formula is C13H16N2OS. The molecule has 1 heterocycles. The number of nitrogens with one attached hydrogen (secondary N) is 1. The maximum atomic E-state index is 11.1. The Morgan fingerprint density at radius 1 is 1.29 bits per heavy atom. The lowest BCUT2D eigenvalue weighted by atomic mass is 9.97. The molecule has 3 nitrogen and oxygen atoms in total. The number of aryl methyl sites for hydroxylation is 1. The van der Waals surface area contributed by atoms with E-state index in [1.807, 2.05) is 0 Å². The number of hydrogen-bond donors (Lipinski definition) is 1. The van der Waals surface area contributed by atoms with Crippen LogP contribution in [0.1, 0.15) is 48.6 Å². The first-order valence-corrected chi connectivity index (χ1v) is 6.86. The normalized spacial score (nSPS) is 15.3. The van der Waals surface area contributed by atoms with Gasteiger partial charge in [0.05, 0.1) is 5.56 Å². The van der Waals surface area contributed by atoms with Crippen molar-refractivity contribution in [3.8, 4) is 6.07 Å². The predicted molar refractivity (Wildman–Crippen MR) is 69.2 cm³/mol. The zero-order valence-corrected chi connectivity index (χ0v) is 10.8. The lowest BCUT2D eigenvalue weighted by Crippen LogP contribution is -2.05. The van der Waals surface area contributed by atoms with E-state index >= 15 is 0 Å². The Hall–Kier alpha value is -1.34. The summed E-state index contributed by atoms with van der Waals surface area (Å²) >= 11 is 1.58. The van der Waals surface area contributed by atoms with E-state index in [0.29, 0.717) is 5.56 Å². The van der Waals surface area contributed by atoms with Crippen LogP contribution in [0.5, 0.6) is 0 Å². The highest BCUT2D eigenvalue weighted by molar-refractivity contribution is 7.16. The fourth-order valence-electron chi connectivity index (χ4n) is 2.29. The summed E-state index contributed by atoms with van der Waals surface area (Å²) in [6.07, 6.45) is 6.89. The monoisotopic (exact) mass is 248 g/mol. The first-order chi connectivity index (χ1) is 8.22. The van der Waals surface area contributed by atoms with E-state index in [1.54, 1.807) is 11.3 Å². The number of rotatable bonds is 1. The molecule has 0 radical (unpaired) electrons. The highest BCUT2D eigenvalue weighted by Gasteiger charge is 2.19. The van der Waals surface area contributed by atoms with Crippen LogP contribution in [0, 0.1) is 11.3 Å². The number of nitriles is 1. The average Bonchev–Trinajstić information content (AvgIpc) is 2.54. The molecule has 0 aromatic carbocycles. The molecule has 0 unspecified atom stereocenters. The molecule has 0 aliphatic heterocycles. The van der Waals surface area contributed by atoms with Gasteiger partial charge in [0.1, 0.15) is 11.1 Å². The first kappa shape index (κ1) is 12.1. The highest BCUT2D eigenvalue weighted by Crippen LogP contribution is 2.36. The Labute approximate surface area is 105 Å². The Morgan fingerprint density at radius 2 is 2.00 bits per heavy atom. The standard InChI is InChI=1S/C13H16N2OS/c1-9(16)15-13-11(8-14)10-6-4-2-3-5-7-12(10)17-13/h2-7H2,1H3,(H,15,16). The summed E-state index contributed by atoms with van der Waals surface area (Å²) in [7, 11) is 0. The van der Waals surface area contributed by atoms with E-state index in [4.69, 9.17) is 0 Å². The Morgan fingerprint density at radius 3 is 2.65 bits per heavy atom. The van der Waals surface area contributed by atoms with Gasteiger partial charge in [-0.1, -0.05) is 12.8 Å². The van der Waals surface area contributed by atoms with Crippen molar-refractivity contribution in [3.63, 3.8) is 0 Å². The van der Waals surface area contributed by atoms with Gasteiger partial charge < -0.3 is 5.32 Å². The summed E-state index contributed by atoms with van der Waals surface area (Å²) in [5.74, 6) is -0.101. The molecule has 1 aromatic rings. The molecule has 1 aromatic heterocycles. The number of amides is 1. The second-order valence-electron chi connectivity index (χ2n) is 4.42. The number of nitrogens with zero attached hydrogens (tertiary/aromatic N) is 1. The minimum atomic E-state index is -0.101. The van der Waals surface area contributed by atoms with Crippen molar-refractivity contribution < 1.29 is 4.79 Å². The Kier molecular flexibility index (Phi) is 3.80. The molecular weight excluding hydrogens is 232 g/mol. The van der Waals surface area contributed by atoms with Crippen LogP contribution in [-0.4, -0.2) is 5.91 Å². The third-order valence-corrected chi connectivity index (χ3v) is 4.28. The molecule has 90 valence electrons. The van der Waals surface area contributed by atoms with Crippen molar-refractivity contribution >= 4 is 22.2 Å². The van der Waals surface area contributed by atoms with Gasteiger partial charge in [-0.05, 0) is 31.2 Å². The molecule has 1 aliphatic rings. The molecule has 1 aliphatic carbocycles. The largest absolute Gasteiger partial charge is 0.317 e. The smallest absolute Gasteiger partial charge is 0.221 e. The third-order valence-electron chi connectivity index (χ3n) is 3.07. The maximum Gasteiger partial charge on any atom is 0.221 e. The van der Waals surface area contributed by atoms with Gasteiger partial charge in [-0.3, -0.25) is 4.79 Å². The lowest BCUT2D eigenvalue weighted by Gasteiger charge is -2.08.